The lowest BCUT2D eigenvalue weighted by atomic mass is 9.73. The SMILES string of the molecule is CC(C)(C)[Si](C)(C)OCC1(c2ccccc2)CCN(C(=O)OCc2ccccc2)CC1.CC(C)(C)[Si](C)(C)OCC1(c2ccccc2)CCNCC1. The Balaban J connectivity index is 0.000000251. The lowest BCUT2D eigenvalue weighted by molar-refractivity contribution is 0.0652. The molecule has 3 aromatic rings. The van der Waals surface area contributed by atoms with Crippen molar-refractivity contribution in [2.45, 2.75) is 121 Å². The van der Waals surface area contributed by atoms with Crippen molar-refractivity contribution in [2.24, 2.45) is 0 Å². The zero-order valence-electron chi connectivity index (χ0n) is 34.0. The average molecular weight is 745 g/mol. The maximum atomic E-state index is 12.6. The van der Waals surface area contributed by atoms with Crippen molar-refractivity contribution in [3.8, 4) is 0 Å². The Morgan fingerprint density at radius 1 is 0.635 bits per heavy atom. The number of amides is 1. The predicted octanol–water partition coefficient (Wildman–Crippen LogP) is 10.7. The minimum atomic E-state index is -1.86. The van der Waals surface area contributed by atoms with Crippen molar-refractivity contribution in [3.05, 3.63) is 108 Å². The second kappa shape index (κ2) is 17.6. The molecule has 0 bridgehead atoms. The van der Waals surface area contributed by atoms with Crippen molar-refractivity contribution in [3.63, 3.8) is 0 Å². The van der Waals surface area contributed by atoms with Crippen molar-refractivity contribution in [2.75, 3.05) is 39.4 Å². The molecule has 0 saturated carbocycles. The molecule has 1 N–H and O–H groups in total. The zero-order valence-corrected chi connectivity index (χ0v) is 36.0. The fraction of sp³-hybridized carbons (Fsp3) is 0.568. The molecule has 2 saturated heterocycles. The Kier molecular flexibility index (Phi) is 14.2. The van der Waals surface area contributed by atoms with Gasteiger partial charge in [-0.3, -0.25) is 0 Å². The first-order valence-corrected chi connectivity index (χ1v) is 25.3. The van der Waals surface area contributed by atoms with Gasteiger partial charge in [0.25, 0.3) is 0 Å². The van der Waals surface area contributed by atoms with Gasteiger partial charge in [0.15, 0.2) is 16.6 Å². The third kappa shape index (κ3) is 10.9. The van der Waals surface area contributed by atoms with Gasteiger partial charge in [-0.25, -0.2) is 4.79 Å². The number of benzene rings is 3. The summed E-state index contributed by atoms with van der Waals surface area (Å²) in [7, 11) is -3.55. The molecule has 0 radical (unpaired) electrons. The van der Waals surface area contributed by atoms with E-state index in [4.69, 9.17) is 13.6 Å². The van der Waals surface area contributed by atoms with Gasteiger partial charge in [0.05, 0.1) is 0 Å². The molecule has 0 aromatic heterocycles. The maximum Gasteiger partial charge on any atom is 0.410 e. The summed E-state index contributed by atoms with van der Waals surface area (Å²) in [5.74, 6) is 0. The number of rotatable bonds is 10. The van der Waals surface area contributed by atoms with Crippen molar-refractivity contribution < 1.29 is 18.4 Å². The maximum absolute atomic E-state index is 12.6. The highest BCUT2D eigenvalue weighted by Crippen LogP contribution is 2.42. The average Bonchev–Trinajstić information content (AvgIpc) is 3.13. The van der Waals surface area contributed by atoms with Crippen LogP contribution in [0.15, 0.2) is 91.0 Å². The second-order valence-corrected chi connectivity index (χ2v) is 27.8. The van der Waals surface area contributed by atoms with E-state index in [1.54, 1.807) is 0 Å². The van der Waals surface area contributed by atoms with E-state index < -0.39 is 16.6 Å². The van der Waals surface area contributed by atoms with Crippen LogP contribution < -0.4 is 5.32 Å². The first kappa shape index (κ1) is 42.0. The Morgan fingerprint density at radius 2 is 1.02 bits per heavy atom. The monoisotopic (exact) mass is 744 g/mol. The van der Waals surface area contributed by atoms with Gasteiger partial charge in [-0.05, 0) is 91.7 Å². The summed E-state index contributed by atoms with van der Waals surface area (Å²) < 4.78 is 18.9. The Hall–Kier alpha value is -2.76. The number of nitrogens with one attached hydrogen (secondary N) is 1. The molecule has 286 valence electrons. The topological polar surface area (TPSA) is 60.0 Å². The van der Waals surface area contributed by atoms with Crippen LogP contribution in [0.1, 0.15) is 83.9 Å². The third-order valence-corrected chi connectivity index (χ3v) is 21.5. The number of ether oxygens (including phenoxy) is 1. The predicted molar refractivity (Wildman–Crippen MR) is 222 cm³/mol. The molecule has 2 aliphatic rings. The van der Waals surface area contributed by atoms with Crippen LogP contribution in [0.5, 0.6) is 0 Å². The number of carbonyl (C=O) groups is 1. The van der Waals surface area contributed by atoms with Crippen LogP contribution in [-0.2, 0) is 31.0 Å². The van der Waals surface area contributed by atoms with Crippen LogP contribution in [0.25, 0.3) is 0 Å². The van der Waals surface area contributed by atoms with Crippen LogP contribution in [0.2, 0.25) is 36.3 Å². The summed E-state index contributed by atoms with van der Waals surface area (Å²) in [6.07, 6.45) is 3.88. The van der Waals surface area contributed by atoms with E-state index in [1.165, 1.54) is 24.0 Å². The van der Waals surface area contributed by atoms with E-state index in [2.05, 4.69) is 134 Å². The number of hydrogen-bond acceptors (Lipinski definition) is 5. The molecule has 5 rings (SSSR count). The quantitative estimate of drug-likeness (QED) is 0.210. The zero-order chi connectivity index (χ0) is 38.1. The van der Waals surface area contributed by atoms with Crippen molar-refractivity contribution in [1.29, 1.82) is 0 Å². The fourth-order valence-electron chi connectivity index (χ4n) is 6.52. The van der Waals surface area contributed by atoms with E-state index in [9.17, 15) is 4.79 Å². The smallest absolute Gasteiger partial charge is 0.410 e. The van der Waals surface area contributed by atoms with Crippen molar-refractivity contribution >= 4 is 22.7 Å². The Morgan fingerprint density at radius 3 is 1.42 bits per heavy atom. The Labute approximate surface area is 318 Å². The first-order valence-electron chi connectivity index (χ1n) is 19.5. The summed E-state index contributed by atoms with van der Waals surface area (Å²) in [6, 6.07) is 31.5. The van der Waals surface area contributed by atoms with E-state index >= 15 is 0 Å². The fourth-order valence-corrected chi connectivity index (χ4v) is 8.66. The highest BCUT2D eigenvalue weighted by atomic mass is 28.4. The molecule has 1 amide bonds. The van der Waals surface area contributed by atoms with E-state index in [0.717, 1.165) is 38.1 Å². The van der Waals surface area contributed by atoms with E-state index in [0.29, 0.717) is 26.3 Å². The molecular formula is C44H68N2O4Si2. The molecule has 52 heavy (non-hydrogen) atoms. The van der Waals surface area contributed by atoms with Crippen molar-refractivity contribution in [1.82, 2.24) is 10.2 Å². The minimum Gasteiger partial charge on any atom is -0.445 e. The summed E-state index contributed by atoms with van der Waals surface area (Å²) in [5.41, 5.74) is 3.90. The second-order valence-electron chi connectivity index (χ2n) is 18.2. The third-order valence-electron chi connectivity index (χ3n) is 12.5. The number of nitrogens with zero attached hydrogens (tertiary/aromatic N) is 1. The van der Waals surface area contributed by atoms with Gasteiger partial charge in [0.1, 0.15) is 6.61 Å². The molecule has 8 heteroatoms. The lowest BCUT2D eigenvalue weighted by Crippen LogP contribution is -2.50. The van der Waals surface area contributed by atoms with Gasteiger partial charge in [-0.1, -0.05) is 133 Å². The lowest BCUT2D eigenvalue weighted by Gasteiger charge is -2.45. The number of piperidine rings is 2. The standard InChI is InChI=1S/C26H37NO3Si.C18H31NOSi/c1-25(2,3)31(4,5)30-21-26(23-14-10-7-11-15-23)16-18-27(19-17-26)24(28)29-20-22-12-8-6-9-13-22;1-17(2,3)21(4,5)20-15-18(11-13-19-14-12-18)16-9-7-6-8-10-16/h6-15H,16-21H2,1-5H3;6-10,19H,11-15H2,1-5H3. The number of carbonyl (C=O) groups excluding carboxylic acids is 1. The Bertz CT molecular complexity index is 1500. The summed E-state index contributed by atoms with van der Waals surface area (Å²) in [4.78, 5) is 14.5. The number of likely N-dealkylation sites (tertiary alicyclic amines) is 1. The van der Waals surface area contributed by atoms with Gasteiger partial charge in [-0.15, -0.1) is 0 Å². The molecule has 6 nitrogen and oxygen atoms in total. The normalized spacial score (nSPS) is 17.8. The molecule has 2 fully saturated rings. The molecule has 0 atom stereocenters. The van der Waals surface area contributed by atoms with Crippen LogP contribution in [0, 0.1) is 0 Å². The van der Waals surface area contributed by atoms with Crippen LogP contribution in [0.4, 0.5) is 4.79 Å². The largest absolute Gasteiger partial charge is 0.445 e. The van der Waals surface area contributed by atoms with Gasteiger partial charge in [0, 0.05) is 37.1 Å². The highest BCUT2D eigenvalue weighted by Gasteiger charge is 2.44. The molecule has 0 aliphatic carbocycles. The number of hydrogen-bond donors (Lipinski definition) is 1. The minimum absolute atomic E-state index is 0.0625. The molecular weight excluding hydrogens is 677 g/mol. The molecule has 2 heterocycles. The first-order chi connectivity index (χ1) is 24.4. The molecule has 3 aromatic carbocycles. The van der Waals surface area contributed by atoms with E-state index in [1.807, 2.05) is 35.2 Å². The van der Waals surface area contributed by atoms with Crippen LogP contribution in [0.3, 0.4) is 0 Å². The van der Waals surface area contributed by atoms with Crippen LogP contribution >= 0.6 is 0 Å². The van der Waals surface area contributed by atoms with E-state index in [-0.39, 0.29) is 27.0 Å². The van der Waals surface area contributed by atoms with Gasteiger partial charge < -0.3 is 23.8 Å². The molecule has 0 unspecified atom stereocenters. The molecule has 0 spiro atoms. The summed E-state index contributed by atoms with van der Waals surface area (Å²) in [5, 5.41) is 3.94. The van der Waals surface area contributed by atoms with Gasteiger partial charge in [-0.2, -0.15) is 0 Å². The van der Waals surface area contributed by atoms with Crippen LogP contribution in [-0.4, -0.2) is 67.0 Å². The van der Waals surface area contributed by atoms with Gasteiger partial charge in [0.2, 0.25) is 0 Å². The molecule has 2 aliphatic heterocycles. The summed E-state index contributed by atoms with van der Waals surface area (Å²) >= 11 is 0. The summed E-state index contributed by atoms with van der Waals surface area (Å²) in [6.45, 7) is 28.6. The van der Waals surface area contributed by atoms with Gasteiger partial charge >= 0.3 is 6.09 Å². The highest BCUT2D eigenvalue weighted by molar-refractivity contribution is 6.74.